The van der Waals surface area contributed by atoms with Gasteiger partial charge in [-0.15, -0.1) is 0 Å². The zero-order chi connectivity index (χ0) is 16.4. The fourth-order valence-electron chi connectivity index (χ4n) is 3.20. The van der Waals surface area contributed by atoms with Gasteiger partial charge in [-0.25, -0.2) is 0 Å². The van der Waals surface area contributed by atoms with Gasteiger partial charge in [-0.2, -0.15) is 0 Å². The molecule has 0 spiro atoms. The fraction of sp³-hybridized carbons (Fsp3) is 0.0435. The number of rotatable bonds is 3. The van der Waals surface area contributed by atoms with Crippen molar-refractivity contribution in [2.45, 2.75) is 0 Å². The number of benzene rings is 4. The Hall–Kier alpha value is -3.06. The van der Waals surface area contributed by atoms with Gasteiger partial charge in [0, 0.05) is 0 Å². The van der Waals surface area contributed by atoms with Crippen molar-refractivity contribution in [3.8, 4) is 28.0 Å². The van der Waals surface area contributed by atoms with Crippen LogP contribution in [0.25, 0.3) is 33.0 Å². The summed E-state index contributed by atoms with van der Waals surface area (Å²) in [6, 6.07) is 31.8. The van der Waals surface area contributed by atoms with Crippen LogP contribution in [0.4, 0.5) is 0 Å². The van der Waals surface area contributed by atoms with Crippen molar-refractivity contribution in [1.82, 2.24) is 0 Å². The van der Waals surface area contributed by atoms with Crippen LogP contribution in [-0.4, -0.2) is 7.11 Å². The predicted octanol–water partition coefficient (Wildman–Crippen LogP) is 6.18. The number of hydrogen-bond acceptors (Lipinski definition) is 1. The monoisotopic (exact) mass is 310 g/mol. The summed E-state index contributed by atoms with van der Waals surface area (Å²) >= 11 is 0. The Bertz CT molecular complexity index is 970. The van der Waals surface area contributed by atoms with Gasteiger partial charge in [0.25, 0.3) is 0 Å². The Morgan fingerprint density at radius 3 is 2.04 bits per heavy atom. The molecule has 4 aromatic rings. The average Bonchev–Trinajstić information content (AvgIpc) is 2.68. The molecule has 0 atom stereocenters. The molecule has 0 aliphatic heterocycles. The highest BCUT2D eigenvalue weighted by atomic mass is 16.5. The fourth-order valence-corrected chi connectivity index (χ4v) is 3.20. The molecule has 0 aliphatic carbocycles. The Labute approximate surface area is 142 Å². The van der Waals surface area contributed by atoms with Gasteiger partial charge in [-0.3, -0.25) is 0 Å². The van der Waals surface area contributed by atoms with E-state index in [0.717, 1.165) is 5.75 Å². The minimum atomic E-state index is 0.875. The second-order valence-electron chi connectivity index (χ2n) is 5.80. The summed E-state index contributed by atoms with van der Waals surface area (Å²) in [5.74, 6) is 0.875. The molecule has 0 aromatic heterocycles. The van der Waals surface area contributed by atoms with Crippen molar-refractivity contribution >= 4 is 10.8 Å². The Balaban J connectivity index is 2.02. The van der Waals surface area contributed by atoms with Crippen molar-refractivity contribution in [2.24, 2.45) is 0 Å². The van der Waals surface area contributed by atoms with Gasteiger partial charge >= 0.3 is 0 Å². The van der Waals surface area contributed by atoms with Gasteiger partial charge in [-0.1, -0.05) is 78.9 Å². The number of methoxy groups -OCH3 is 1. The van der Waals surface area contributed by atoms with Gasteiger partial charge in [0.15, 0.2) is 0 Å². The van der Waals surface area contributed by atoms with E-state index in [-0.39, 0.29) is 0 Å². The summed E-state index contributed by atoms with van der Waals surface area (Å²) in [5.41, 5.74) is 4.95. The molecule has 0 aliphatic rings. The molecule has 0 radical (unpaired) electrons. The molecule has 4 aromatic carbocycles. The summed E-state index contributed by atoms with van der Waals surface area (Å²) < 4.78 is 5.31. The zero-order valence-corrected chi connectivity index (χ0v) is 13.6. The second kappa shape index (κ2) is 6.21. The van der Waals surface area contributed by atoms with Crippen LogP contribution in [-0.2, 0) is 0 Å². The topological polar surface area (TPSA) is 9.23 Å². The van der Waals surface area contributed by atoms with E-state index in [1.165, 1.54) is 33.0 Å². The standard InChI is InChI=1S/C23H18O/c1-24-20-14-11-19(12-15-20)23-21-10-6-5-9-18(21)13-16-22(23)17-7-3-2-4-8-17/h2-16H,1H3. The van der Waals surface area contributed by atoms with Gasteiger partial charge in [0.05, 0.1) is 7.11 Å². The molecule has 0 N–H and O–H groups in total. The lowest BCUT2D eigenvalue weighted by atomic mass is 9.90. The minimum Gasteiger partial charge on any atom is -0.497 e. The van der Waals surface area contributed by atoms with Crippen LogP contribution in [0.3, 0.4) is 0 Å². The van der Waals surface area contributed by atoms with Crippen LogP contribution in [0.15, 0.2) is 91.0 Å². The van der Waals surface area contributed by atoms with E-state index in [9.17, 15) is 0 Å². The van der Waals surface area contributed by atoms with Crippen LogP contribution in [0.1, 0.15) is 0 Å². The maximum Gasteiger partial charge on any atom is 0.118 e. The van der Waals surface area contributed by atoms with E-state index >= 15 is 0 Å². The minimum absolute atomic E-state index is 0.875. The van der Waals surface area contributed by atoms with Crippen molar-refractivity contribution < 1.29 is 4.74 Å². The van der Waals surface area contributed by atoms with E-state index in [4.69, 9.17) is 4.74 Å². The Morgan fingerprint density at radius 2 is 1.29 bits per heavy atom. The van der Waals surface area contributed by atoms with E-state index in [1.807, 2.05) is 12.1 Å². The second-order valence-corrected chi connectivity index (χ2v) is 5.80. The molecule has 4 rings (SSSR count). The quantitative estimate of drug-likeness (QED) is 0.439. The van der Waals surface area contributed by atoms with Crippen molar-refractivity contribution in [1.29, 1.82) is 0 Å². The maximum atomic E-state index is 5.31. The van der Waals surface area contributed by atoms with E-state index < -0.39 is 0 Å². The summed E-state index contributed by atoms with van der Waals surface area (Å²) in [6.45, 7) is 0. The van der Waals surface area contributed by atoms with Gasteiger partial charge < -0.3 is 4.74 Å². The molecule has 0 fully saturated rings. The molecule has 0 heterocycles. The normalized spacial score (nSPS) is 10.7. The van der Waals surface area contributed by atoms with Crippen molar-refractivity contribution in [3.63, 3.8) is 0 Å². The summed E-state index contributed by atoms with van der Waals surface area (Å²) in [6.07, 6.45) is 0. The molecule has 0 saturated heterocycles. The molecule has 0 unspecified atom stereocenters. The summed E-state index contributed by atoms with van der Waals surface area (Å²) in [4.78, 5) is 0. The Morgan fingerprint density at radius 1 is 0.583 bits per heavy atom. The highest BCUT2D eigenvalue weighted by molar-refractivity contribution is 6.04. The molecular weight excluding hydrogens is 292 g/mol. The van der Waals surface area contributed by atoms with Gasteiger partial charge in [0.1, 0.15) is 5.75 Å². The lowest BCUT2D eigenvalue weighted by Crippen LogP contribution is -1.89. The first kappa shape index (κ1) is 14.5. The SMILES string of the molecule is COc1ccc(-c2c(-c3ccccc3)ccc3ccccc23)cc1. The van der Waals surface area contributed by atoms with Crippen LogP contribution in [0, 0.1) is 0 Å². The zero-order valence-electron chi connectivity index (χ0n) is 13.6. The largest absolute Gasteiger partial charge is 0.497 e. The highest BCUT2D eigenvalue weighted by Gasteiger charge is 2.11. The number of hydrogen-bond donors (Lipinski definition) is 0. The molecule has 0 saturated carbocycles. The summed E-state index contributed by atoms with van der Waals surface area (Å²) in [5, 5.41) is 2.52. The van der Waals surface area contributed by atoms with Gasteiger partial charge in [-0.05, 0) is 45.2 Å². The van der Waals surface area contributed by atoms with Crippen LogP contribution < -0.4 is 4.74 Å². The van der Waals surface area contributed by atoms with Gasteiger partial charge in [0.2, 0.25) is 0 Å². The molecule has 0 amide bonds. The summed E-state index contributed by atoms with van der Waals surface area (Å²) in [7, 11) is 1.70. The lowest BCUT2D eigenvalue weighted by Gasteiger charge is -2.14. The molecule has 24 heavy (non-hydrogen) atoms. The molecule has 0 bridgehead atoms. The average molecular weight is 310 g/mol. The van der Waals surface area contributed by atoms with Crippen molar-refractivity contribution in [2.75, 3.05) is 7.11 Å². The van der Waals surface area contributed by atoms with E-state index in [2.05, 4.69) is 78.9 Å². The Kier molecular flexibility index (Phi) is 3.76. The number of fused-ring (bicyclic) bond motifs is 1. The lowest BCUT2D eigenvalue weighted by molar-refractivity contribution is 0.415. The van der Waals surface area contributed by atoms with Crippen LogP contribution in [0.2, 0.25) is 0 Å². The molecular formula is C23H18O. The number of ether oxygens (including phenoxy) is 1. The third-order valence-corrected chi connectivity index (χ3v) is 4.39. The van der Waals surface area contributed by atoms with Crippen molar-refractivity contribution in [3.05, 3.63) is 91.0 Å². The predicted molar refractivity (Wildman–Crippen MR) is 101 cm³/mol. The van der Waals surface area contributed by atoms with Crippen LogP contribution >= 0.6 is 0 Å². The smallest absolute Gasteiger partial charge is 0.118 e. The third kappa shape index (κ3) is 2.55. The molecule has 1 heteroatoms. The van der Waals surface area contributed by atoms with E-state index in [1.54, 1.807) is 7.11 Å². The van der Waals surface area contributed by atoms with Crippen LogP contribution in [0.5, 0.6) is 5.75 Å². The first-order valence-corrected chi connectivity index (χ1v) is 8.08. The first-order valence-electron chi connectivity index (χ1n) is 8.08. The van der Waals surface area contributed by atoms with E-state index in [0.29, 0.717) is 0 Å². The maximum absolute atomic E-state index is 5.31. The third-order valence-electron chi connectivity index (χ3n) is 4.39. The molecule has 1 nitrogen and oxygen atoms in total. The molecule has 116 valence electrons. The highest BCUT2D eigenvalue weighted by Crippen LogP contribution is 2.38. The first-order chi connectivity index (χ1) is 11.9.